The number of anilines is 1. The molecule has 0 aliphatic carbocycles. The second-order valence-corrected chi connectivity index (χ2v) is 7.11. The summed E-state index contributed by atoms with van der Waals surface area (Å²) >= 11 is 0. The van der Waals surface area contributed by atoms with Crippen LogP contribution in [0, 0.1) is 12.7 Å². The topological polar surface area (TPSA) is 63.1 Å². The minimum Gasteiger partial charge on any atom is -0.324 e. The molecular weight excluding hydrogens is 357 g/mol. The lowest BCUT2D eigenvalue weighted by atomic mass is 10.1. The van der Waals surface area contributed by atoms with Crippen molar-refractivity contribution in [1.29, 1.82) is 0 Å². The fourth-order valence-corrected chi connectivity index (χ4v) is 3.38. The zero-order chi connectivity index (χ0) is 19.5. The Morgan fingerprint density at radius 1 is 1.07 bits per heavy atom. The maximum Gasteiger partial charge on any atom is 0.321 e. The SMILES string of the molecule is Cc1ccc(NC(=O)N2CCC(n3cc(-c4ccc(F)cc4)nn3)CC2)cc1. The summed E-state index contributed by atoms with van der Waals surface area (Å²) in [7, 11) is 0. The van der Waals surface area contributed by atoms with Gasteiger partial charge in [0.1, 0.15) is 11.5 Å². The molecule has 1 N–H and O–H groups in total. The van der Waals surface area contributed by atoms with E-state index in [1.807, 2.05) is 47.0 Å². The molecule has 144 valence electrons. The maximum absolute atomic E-state index is 13.1. The fourth-order valence-electron chi connectivity index (χ4n) is 3.38. The summed E-state index contributed by atoms with van der Waals surface area (Å²) in [6, 6.07) is 14.1. The van der Waals surface area contributed by atoms with Crippen LogP contribution < -0.4 is 5.32 Å². The number of halogens is 1. The number of carbonyl (C=O) groups excluding carboxylic acids is 1. The highest BCUT2D eigenvalue weighted by Gasteiger charge is 2.25. The van der Waals surface area contributed by atoms with Crippen LogP contribution in [0.3, 0.4) is 0 Å². The van der Waals surface area contributed by atoms with Gasteiger partial charge in [0.15, 0.2) is 0 Å². The summed E-state index contributed by atoms with van der Waals surface area (Å²) < 4.78 is 14.9. The molecule has 6 nitrogen and oxygen atoms in total. The molecule has 1 aliphatic heterocycles. The fraction of sp³-hybridized carbons (Fsp3) is 0.286. The zero-order valence-corrected chi connectivity index (χ0v) is 15.7. The minimum atomic E-state index is -0.271. The van der Waals surface area contributed by atoms with Gasteiger partial charge in [-0.1, -0.05) is 22.9 Å². The predicted octanol–water partition coefficient (Wildman–Crippen LogP) is 4.26. The van der Waals surface area contributed by atoms with E-state index in [4.69, 9.17) is 0 Å². The number of carbonyl (C=O) groups is 1. The van der Waals surface area contributed by atoms with Crippen molar-refractivity contribution in [2.45, 2.75) is 25.8 Å². The number of likely N-dealkylation sites (tertiary alicyclic amines) is 1. The molecule has 0 bridgehead atoms. The first-order valence-corrected chi connectivity index (χ1v) is 9.39. The Balaban J connectivity index is 1.34. The zero-order valence-electron chi connectivity index (χ0n) is 15.7. The molecule has 2 aromatic carbocycles. The van der Waals surface area contributed by atoms with Crippen molar-refractivity contribution in [3.05, 3.63) is 66.1 Å². The number of hydrogen-bond acceptors (Lipinski definition) is 3. The van der Waals surface area contributed by atoms with Crippen LogP contribution in [0.1, 0.15) is 24.4 Å². The van der Waals surface area contributed by atoms with Gasteiger partial charge < -0.3 is 10.2 Å². The third kappa shape index (κ3) is 4.03. The minimum absolute atomic E-state index is 0.0760. The Hall–Kier alpha value is -3.22. The standard InChI is InChI=1S/C21H22FN5O/c1-15-2-8-18(9-3-15)23-21(28)26-12-10-19(11-13-26)27-14-20(24-25-27)16-4-6-17(22)7-5-16/h2-9,14,19H,10-13H2,1H3,(H,23,28). The molecule has 2 amide bonds. The molecule has 7 heteroatoms. The molecule has 3 aromatic rings. The van der Waals surface area contributed by atoms with Crippen LogP contribution in [0.5, 0.6) is 0 Å². The molecule has 1 aromatic heterocycles. The smallest absolute Gasteiger partial charge is 0.321 e. The number of piperidine rings is 1. The first-order valence-electron chi connectivity index (χ1n) is 9.39. The Morgan fingerprint density at radius 3 is 2.43 bits per heavy atom. The van der Waals surface area contributed by atoms with Crippen molar-refractivity contribution in [3.63, 3.8) is 0 Å². The van der Waals surface area contributed by atoms with Gasteiger partial charge in [-0.15, -0.1) is 5.10 Å². The molecule has 0 saturated carbocycles. The Bertz CT molecular complexity index is 944. The van der Waals surface area contributed by atoms with E-state index in [2.05, 4.69) is 15.6 Å². The number of rotatable bonds is 3. The molecule has 0 radical (unpaired) electrons. The molecule has 2 heterocycles. The quantitative estimate of drug-likeness (QED) is 0.739. The van der Waals surface area contributed by atoms with E-state index in [1.165, 1.54) is 12.1 Å². The number of nitrogens with zero attached hydrogens (tertiary/aromatic N) is 4. The molecule has 1 fully saturated rings. The highest BCUT2D eigenvalue weighted by Crippen LogP contribution is 2.25. The molecule has 28 heavy (non-hydrogen) atoms. The van der Waals surface area contributed by atoms with Crippen LogP contribution in [-0.2, 0) is 0 Å². The lowest BCUT2D eigenvalue weighted by Crippen LogP contribution is -2.41. The van der Waals surface area contributed by atoms with Gasteiger partial charge in [-0.25, -0.2) is 13.9 Å². The second-order valence-electron chi connectivity index (χ2n) is 7.11. The van der Waals surface area contributed by atoms with Crippen molar-refractivity contribution in [2.24, 2.45) is 0 Å². The molecular formula is C21H22FN5O. The Labute approximate surface area is 163 Å². The summed E-state index contributed by atoms with van der Waals surface area (Å²) in [5.41, 5.74) is 3.52. The molecule has 1 aliphatic rings. The predicted molar refractivity (Wildman–Crippen MR) is 105 cm³/mol. The van der Waals surface area contributed by atoms with Gasteiger partial charge >= 0.3 is 6.03 Å². The number of amides is 2. The van der Waals surface area contributed by atoms with Crippen LogP contribution in [0.2, 0.25) is 0 Å². The highest BCUT2D eigenvalue weighted by molar-refractivity contribution is 5.89. The van der Waals surface area contributed by atoms with E-state index < -0.39 is 0 Å². The highest BCUT2D eigenvalue weighted by atomic mass is 19.1. The van der Waals surface area contributed by atoms with Gasteiger partial charge in [-0.2, -0.15) is 0 Å². The maximum atomic E-state index is 13.1. The number of benzene rings is 2. The molecule has 0 spiro atoms. The van der Waals surface area contributed by atoms with Gasteiger partial charge in [-0.3, -0.25) is 0 Å². The average Bonchev–Trinajstić information content (AvgIpc) is 3.20. The average molecular weight is 379 g/mol. The molecule has 0 atom stereocenters. The van der Waals surface area contributed by atoms with Crippen LogP contribution in [0.15, 0.2) is 54.7 Å². The molecule has 0 unspecified atom stereocenters. The van der Waals surface area contributed by atoms with E-state index >= 15 is 0 Å². The van der Waals surface area contributed by atoms with E-state index in [9.17, 15) is 9.18 Å². The van der Waals surface area contributed by atoms with Gasteiger partial charge in [0.05, 0.1) is 12.2 Å². The largest absolute Gasteiger partial charge is 0.324 e. The normalized spacial score (nSPS) is 14.9. The van der Waals surface area contributed by atoms with Crippen molar-refractivity contribution in [2.75, 3.05) is 18.4 Å². The van der Waals surface area contributed by atoms with Crippen LogP contribution >= 0.6 is 0 Å². The Morgan fingerprint density at radius 2 is 1.75 bits per heavy atom. The summed E-state index contributed by atoms with van der Waals surface area (Å²) in [6.45, 7) is 3.34. The van der Waals surface area contributed by atoms with Gasteiger partial charge in [0, 0.05) is 24.3 Å². The van der Waals surface area contributed by atoms with Crippen LogP contribution in [0.25, 0.3) is 11.3 Å². The lowest BCUT2D eigenvalue weighted by Gasteiger charge is -2.31. The van der Waals surface area contributed by atoms with Crippen molar-refractivity contribution in [1.82, 2.24) is 19.9 Å². The molecule has 4 rings (SSSR count). The number of hydrogen-bond donors (Lipinski definition) is 1. The van der Waals surface area contributed by atoms with Gasteiger partial charge in [-0.05, 0) is 56.2 Å². The van der Waals surface area contributed by atoms with E-state index in [1.54, 1.807) is 12.1 Å². The van der Waals surface area contributed by atoms with E-state index in [-0.39, 0.29) is 17.9 Å². The van der Waals surface area contributed by atoms with E-state index in [0.29, 0.717) is 13.1 Å². The molecule has 1 saturated heterocycles. The van der Waals surface area contributed by atoms with E-state index in [0.717, 1.165) is 35.3 Å². The monoisotopic (exact) mass is 379 g/mol. The number of aromatic nitrogens is 3. The summed E-state index contributed by atoms with van der Waals surface area (Å²) in [6.07, 6.45) is 3.51. The lowest BCUT2D eigenvalue weighted by molar-refractivity contribution is 0.179. The number of nitrogens with one attached hydrogen (secondary N) is 1. The second kappa shape index (κ2) is 7.80. The summed E-state index contributed by atoms with van der Waals surface area (Å²) in [4.78, 5) is 14.3. The Kier molecular flexibility index (Phi) is 5.06. The number of urea groups is 1. The summed E-state index contributed by atoms with van der Waals surface area (Å²) in [5.74, 6) is -0.271. The van der Waals surface area contributed by atoms with Crippen LogP contribution in [0.4, 0.5) is 14.9 Å². The first kappa shape index (κ1) is 18.2. The van der Waals surface area contributed by atoms with Crippen LogP contribution in [-0.4, -0.2) is 39.0 Å². The number of aryl methyl sites for hydroxylation is 1. The third-order valence-electron chi connectivity index (χ3n) is 5.08. The van der Waals surface area contributed by atoms with Crippen molar-refractivity contribution in [3.8, 4) is 11.3 Å². The van der Waals surface area contributed by atoms with Gasteiger partial charge in [0.25, 0.3) is 0 Å². The third-order valence-corrected chi connectivity index (χ3v) is 5.08. The first-order chi connectivity index (χ1) is 13.6. The van der Waals surface area contributed by atoms with Crippen molar-refractivity contribution >= 4 is 11.7 Å². The summed E-state index contributed by atoms with van der Waals surface area (Å²) in [5, 5.41) is 11.4. The van der Waals surface area contributed by atoms with Gasteiger partial charge in [0.2, 0.25) is 0 Å². The van der Waals surface area contributed by atoms with Crippen molar-refractivity contribution < 1.29 is 9.18 Å².